The minimum absolute atomic E-state index is 0.0341. The highest BCUT2D eigenvalue weighted by atomic mass is 35.5. The molecule has 1 aliphatic heterocycles. The number of hydrogen-bond acceptors (Lipinski definition) is 4. The molecule has 1 aromatic carbocycles. The Labute approximate surface area is 111 Å². The molecule has 0 amide bonds. The Morgan fingerprint density at radius 3 is 2.78 bits per heavy atom. The average molecular weight is 291 g/mol. The monoisotopic (exact) mass is 290 g/mol. The number of sulfone groups is 1. The lowest BCUT2D eigenvalue weighted by molar-refractivity contribution is 0.0675. The summed E-state index contributed by atoms with van der Waals surface area (Å²) in [6.45, 7) is 0. The van der Waals surface area contributed by atoms with E-state index in [9.17, 15) is 13.5 Å². The molecular formula is C12H15ClO4S. The number of benzene rings is 1. The van der Waals surface area contributed by atoms with Gasteiger partial charge in [0.05, 0.1) is 24.2 Å². The number of halogens is 1. The molecule has 1 atom stereocenters. The van der Waals surface area contributed by atoms with Gasteiger partial charge in [0.15, 0.2) is 9.84 Å². The van der Waals surface area contributed by atoms with E-state index in [1.807, 2.05) is 0 Å². The summed E-state index contributed by atoms with van der Waals surface area (Å²) in [4.78, 5) is 0. The first-order chi connectivity index (χ1) is 8.34. The minimum Gasteiger partial charge on any atom is -0.496 e. The quantitative estimate of drug-likeness (QED) is 0.915. The molecule has 2 rings (SSSR count). The normalized spacial score (nSPS) is 26.2. The van der Waals surface area contributed by atoms with E-state index in [1.165, 1.54) is 7.11 Å². The van der Waals surface area contributed by atoms with Crippen LogP contribution in [0.1, 0.15) is 12.0 Å². The van der Waals surface area contributed by atoms with Gasteiger partial charge in [-0.25, -0.2) is 8.42 Å². The van der Waals surface area contributed by atoms with E-state index in [0.717, 1.165) is 5.56 Å². The van der Waals surface area contributed by atoms with Crippen molar-refractivity contribution in [1.29, 1.82) is 0 Å². The van der Waals surface area contributed by atoms with Crippen molar-refractivity contribution in [3.05, 3.63) is 28.8 Å². The van der Waals surface area contributed by atoms with Crippen LogP contribution in [0.25, 0.3) is 0 Å². The molecule has 1 unspecified atom stereocenters. The topological polar surface area (TPSA) is 63.6 Å². The second-order valence-corrected chi connectivity index (χ2v) is 7.32. The number of aliphatic hydroxyl groups is 1. The molecule has 1 heterocycles. The molecule has 1 fully saturated rings. The van der Waals surface area contributed by atoms with Gasteiger partial charge in [-0.3, -0.25) is 0 Å². The zero-order chi connectivity index (χ0) is 13.4. The molecule has 100 valence electrons. The first-order valence-electron chi connectivity index (χ1n) is 5.59. The van der Waals surface area contributed by atoms with Gasteiger partial charge in [-0.15, -0.1) is 0 Å². The third-order valence-electron chi connectivity index (χ3n) is 3.13. The van der Waals surface area contributed by atoms with Crippen molar-refractivity contribution in [2.75, 3.05) is 18.6 Å². The summed E-state index contributed by atoms with van der Waals surface area (Å²) in [7, 11) is -1.60. The first kappa shape index (κ1) is 13.6. The van der Waals surface area contributed by atoms with Crippen LogP contribution in [0, 0.1) is 0 Å². The van der Waals surface area contributed by atoms with Crippen LogP contribution in [0.5, 0.6) is 5.75 Å². The summed E-state index contributed by atoms with van der Waals surface area (Å²) >= 11 is 5.91. The Bertz CT molecular complexity index is 555. The highest BCUT2D eigenvalue weighted by Crippen LogP contribution is 2.32. The molecule has 4 nitrogen and oxygen atoms in total. The molecule has 1 aromatic rings. The Morgan fingerprint density at radius 1 is 1.50 bits per heavy atom. The Hall–Kier alpha value is -0.780. The predicted molar refractivity (Wildman–Crippen MR) is 69.9 cm³/mol. The van der Waals surface area contributed by atoms with Gasteiger partial charge in [0.25, 0.3) is 0 Å². The number of hydrogen-bond donors (Lipinski definition) is 1. The SMILES string of the molecule is COc1ccc(Cl)cc1CC1(O)CCS(=O)(=O)C1. The highest BCUT2D eigenvalue weighted by Gasteiger charge is 2.41. The van der Waals surface area contributed by atoms with Crippen LogP contribution >= 0.6 is 11.6 Å². The van der Waals surface area contributed by atoms with Crippen molar-refractivity contribution < 1.29 is 18.3 Å². The summed E-state index contributed by atoms with van der Waals surface area (Å²) in [6.07, 6.45) is 0.487. The smallest absolute Gasteiger partial charge is 0.153 e. The van der Waals surface area contributed by atoms with Gasteiger partial charge in [0.1, 0.15) is 5.75 Å². The maximum atomic E-state index is 11.4. The molecule has 18 heavy (non-hydrogen) atoms. The van der Waals surface area contributed by atoms with Gasteiger partial charge >= 0.3 is 0 Å². The van der Waals surface area contributed by atoms with Crippen molar-refractivity contribution in [3.63, 3.8) is 0 Å². The number of methoxy groups -OCH3 is 1. The first-order valence-corrected chi connectivity index (χ1v) is 7.79. The zero-order valence-corrected chi connectivity index (χ0v) is 11.6. The van der Waals surface area contributed by atoms with Crippen LogP contribution in [0.2, 0.25) is 5.02 Å². The molecule has 0 aliphatic carbocycles. The lowest BCUT2D eigenvalue weighted by atomic mass is 9.93. The Kier molecular flexibility index (Phi) is 3.58. The molecule has 1 aliphatic rings. The third-order valence-corrected chi connectivity index (χ3v) is 5.17. The standard InChI is InChI=1S/C12H15ClO4S/c1-17-11-3-2-10(13)6-9(11)7-12(14)4-5-18(15,16)8-12/h2-3,6,14H,4-5,7-8H2,1H3. The highest BCUT2D eigenvalue weighted by molar-refractivity contribution is 7.91. The molecular weight excluding hydrogens is 276 g/mol. The maximum Gasteiger partial charge on any atom is 0.153 e. The number of rotatable bonds is 3. The minimum atomic E-state index is -3.13. The van der Waals surface area contributed by atoms with Crippen LogP contribution in [0.15, 0.2) is 18.2 Å². The summed E-state index contributed by atoms with van der Waals surface area (Å²) in [5.41, 5.74) is -0.485. The van der Waals surface area contributed by atoms with E-state index in [0.29, 0.717) is 10.8 Å². The molecule has 0 spiro atoms. The van der Waals surface area contributed by atoms with Crippen LogP contribution in [0.3, 0.4) is 0 Å². The predicted octanol–water partition coefficient (Wildman–Crippen LogP) is 1.44. The van der Waals surface area contributed by atoms with Crippen molar-refractivity contribution in [2.24, 2.45) is 0 Å². The van der Waals surface area contributed by atoms with Crippen molar-refractivity contribution in [2.45, 2.75) is 18.4 Å². The summed E-state index contributed by atoms with van der Waals surface area (Å²) in [5.74, 6) is 0.444. The van der Waals surface area contributed by atoms with E-state index in [2.05, 4.69) is 0 Å². The molecule has 0 bridgehead atoms. The maximum absolute atomic E-state index is 11.4. The van der Waals surface area contributed by atoms with Crippen molar-refractivity contribution in [1.82, 2.24) is 0 Å². The van der Waals surface area contributed by atoms with E-state index in [1.54, 1.807) is 18.2 Å². The summed E-state index contributed by atoms with van der Waals surface area (Å²) in [5, 5.41) is 10.9. The van der Waals surface area contributed by atoms with E-state index in [-0.39, 0.29) is 24.3 Å². The van der Waals surface area contributed by atoms with E-state index < -0.39 is 15.4 Å². The number of ether oxygens (including phenoxy) is 1. The third kappa shape index (κ3) is 2.96. The van der Waals surface area contributed by atoms with E-state index in [4.69, 9.17) is 16.3 Å². The van der Waals surface area contributed by atoms with Crippen LogP contribution in [-0.4, -0.2) is 37.7 Å². The molecule has 0 aromatic heterocycles. The molecule has 1 N–H and O–H groups in total. The molecule has 0 radical (unpaired) electrons. The van der Waals surface area contributed by atoms with Crippen LogP contribution in [0.4, 0.5) is 0 Å². The fourth-order valence-corrected chi connectivity index (χ4v) is 4.37. The molecule has 6 heteroatoms. The Morgan fingerprint density at radius 2 is 2.22 bits per heavy atom. The second kappa shape index (κ2) is 4.72. The molecule has 1 saturated heterocycles. The second-order valence-electron chi connectivity index (χ2n) is 4.70. The van der Waals surface area contributed by atoms with Crippen LogP contribution in [-0.2, 0) is 16.3 Å². The van der Waals surface area contributed by atoms with Crippen molar-refractivity contribution >= 4 is 21.4 Å². The van der Waals surface area contributed by atoms with Gasteiger partial charge in [0.2, 0.25) is 0 Å². The summed E-state index contributed by atoms with van der Waals surface area (Å²) < 4.78 is 28.1. The van der Waals surface area contributed by atoms with Gasteiger partial charge < -0.3 is 9.84 Å². The van der Waals surface area contributed by atoms with Gasteiger partial charge in [-0.1, -0.05) is 11.6 Å². The summed E-state index contributed by atoms with van der Waals surface area (Å²) in [6, 6.07) is 5.10. The van der Waals surface area contributed by atoms with E-state index >= 15 is 0 Å². The fourth-order valence-electron chi connectivity index (χ4n) is 2.28. The average Bonchev–Trinajstić information content (AvgIpc) is 2.53. The zero-order valence-electron chi connectivity index (χ0n) is 10.0. The van der Waals surface area contributed by atoms with Gasteiger partial charge in [-0.05, 0) is 30.2 Å². The molecule has 0 saturated carbocycles. The van der Waals surface area contributed by atoms with Gasteiger partial charge in [0, 0.05) is 11.4 Å². The lowest BCUT2D eigenvalue weighted by Crippen LogP contribution is -2.32. The van der Waals surface area contributed by atoms with Crippen LogP contribution < -0.4 is 4.74 Å². The fraction of sp³-hybridized carbons (Fsp3) is 0.500. The van der Waals surface area contributed by atoms with Crippen molar-refractivity contribution in [3.8, 4) is 5.75 Å². The lowest BCUT2D eigenvalue weighted by Gasteiger charge is -2.22. The van der Waals surface area contributed by atoms with Gasteiger partial charge in [-0.2, -0.15) is 0 Å². The largest absolute Gasteiger partial charge is 0.496 e. The Balaban J connectivity index is 2.27.